The number of piperazine rings is 1. The van der Waals surface area contributed by atoms with E-state index in [2.05, 4.69) is 10.2 Å². The van der Waals surface area contributed by atoms with E-state index >= 15 is 0 Å². The van der Waals surface area contributed by atoms with Crippen LogP contribution in [0.1, 0.15) is 29.5 Å². The molecule has 0 spiro atoms. The van der Waals surface area contributed by atoms with E-state index in [1.54, 1.807) is 35.5 Å². The molecule has 11 heteroatoms. The van der Waals surface area contributed by atoms with Crippen LogP contribution in [0.15, 0.2) is 29.8 Å². The Morgan fingerprint density at radius 1 is 0.857 bits per heavy atom. The number of carbonyl (C=O) groups excluding carboxylic acids is 2. The molecule has 42 heavy (non-hydrogen) atoms. The molecule has 2 aliphatic rings. The quantitative estimate of drug-likeness (QED) is 0.450. The van der Waals surface area contributed by atoms with Gasteiger partial charge in [0.05, 0.1) is 41.6 Å². The van der Waals surface area contributed by atoms with Crippen LogP contribution in [0.4, 0.5) is 4.79 Å². The third kappa shape index (κ3) is 6.84. The van der Waals surface area contributed by atoms with Gasteiger partial charge >= 0.3 is 6.09 Å². The van der Waals surface area contributed by atoms with Gasteiger partial charge < -0.3 is 38.6 Å². The Morgan fingerprint density at radius 3 is 2.14 bits per heavy atom. The van der Waals surface area contributed by atoms with Gasteiger partial charge in [0.25, 0.3) is 0 Å². The fourth-order valence-corrected chi connectivity index (χ4v) is 5.57. The summed E-state index contributed by atoms with van der Waals surface area (Å²) in [5, 5.41) is 2.49. The Balaban J connectivity index is 1.57. The zero-order valence-corrected chi connectivity index (χ0v) is 25.3. The molecule has 1 fully saturated rings. The van der Waals surface area contributed by atoms with Crippen molar-refractivity contribution in [2.75, 3.05) is 68.8 Å². The van der Waals surface area contributed by atoms with Crippen LogP contribution in [0, 0.1) is 0 Å². The maximum atomic E-state index is 14.0. The maximum Gasteiger partial charge on any atom is 0.406 e. The highest BCUT2D eigenvalue weighted by molar-refractivity contribution is 5.98. The number of fused-ring (bicyclic) bond motifs is 1. The van der Waals surface area contributed by atoms with Gasteiger partial charge in [-0.1, -0.05) is 0 Å². The van der Waals surface area contributed by atoms with Gasteiger partial charge in [-0.3, -0.25) is 9.69 Å². The van der Waals surface area contributed by atoms with Crippen LogP contribution in [0.25, 0.3) is 6.08 Å². The summed E-state index contributed by atoms with van der Waals surface area (Å²) in [5.41, 5.74) is 3.77. The average Bonchev–Trinajstić information content (AvgIpc) is 3.23. The highest BCUT2D eigenvalue weighted by atomic mass is 16.6. The summed E-state index contributed by atoms with van der Waals surface area (Å²) in [6.07, 6.45) is 3.74. The zero-order chi connectivity index (χ0) is 30.2. The van der Waals surface area contributed by atoms with E-state index in [1.165, 1.54) is 7.05 Å². The molecule has 1 unspecified atom stereocenters. The van der Waals surface area contributed by atoms with E-state index in [-0.39, 0.29) is 18.6 Å². The molecule has 1 atom stereocenters. The fourth-order valence-electron chi connectivity index (χ4n) is 5.57. The number of nitrogens with one attached hydrogen (secondary N) is 1. The highest BCUT2D eigenvalue weighted by Gasteiger charge is 2.33. The Kier molecular flexibility index (Phi) is 10.4. The van der Waals surface area contributed by atoms with Gasteiger partial charge in [0.1, 0.15) is 6.61 Å². The lowest BCUT2D eigenvalue weighted by atomic mass is 10.0. The molecule has 1 aliphatic heterocycles. The second-order valence-corrected chi connectivity index (χ2v) is 10.2. The first-order chi connectivity index (χ1) is 20.3. The van der Waals surface area contributed by atoms with E-state index in [9.17, 15) is 9.59 Å². The molecule has 0 saturated carbocycles. The van der Waals surface area contributed by atoms with Crippen LogP contribution < -0.4 is 29.0 Å². The van der Waals surface area contributed by atoms with Crippen LogP contribution in [-0.2, 0) is 22.5 Å². The Morgan fingerprint density at radius 2 is 1.52 bits per heavy atom. The molecule has 0 radical (unpaired) electrons. The molecular formula is C31H41N3O8. The summed E-state index contributed by atoms with van der Waals surface area (Å²) in [6, 6.07) is 7.42. The lowest BCUT2D eigenvalue weighted by Crippen LogP contribution is -2.57. The van der Waals surface area contributed by atoms with Crippen molar-refractivity contribution >= 4 is 18.1 Å². The number of benzene rings is 2. The van der Waals surface area contributed by atoms with Crippen molar-refractivity contribution in [1.82, 2.24) is 15.1 Å². The first-order valence-corrected chi connectivity index (χ1v) is 14.0. The summed E-state index contributed by atoms with van der Waals surface area (Å²) in [6.45, 7) is 2.32. The van der Waals surface area contributed by atoms with Gasteiger partial charge in [-0.05, 0) is 66.3 Å². The fraction of sp³-hybridized carbons (Fsp3) is 0.484. The van der Waals surface area contributed by atoms with Gasteiger partial charge in [-0.2, -0.15) is 0 Å². The molecule has 0 bridgehead atoms. The summed E-state index contributed by atoms with van der Waals surface area (Å²) in [4.78, 5) is 30.1. The summed E-state index contributed by atoms with van der Waals surface area (Å²) < 4.78 is 33.0. The number of methoxy groups -OCH3 is 5. The van der Waals surface area contributed by atoms with Gasteiger partial charge in [-0.25, -0.2) is 4.79 Å². The standard InChI is InChI=1S/C31H41N3O8/c1-32-31(36)42-19-24-18-33(17-20-12-27(39-4)29(41-6)28(13-20)40-5)10-11-34(24)30(35)22-9-7-8-21-15-25(37-2)26(38-3)16-23(21)14-22/h12-16,24H,7-11,17-19H2,1-6H3,(H,32,36). The van der Waals surface area contributed by atoms with Crippen LogP contribution in [0.3, 0.4) is 0 Å². The van der Waals surface area contributed by atoms with Gasteiger partial charge in [0, 0.05) is 38.8 Å². The number of ether oxygens (including phenoxy) is 6. The van der Waals surface area contributed by atoms with Crippen molar-refractivity contribution in [3.05, 3.63) is 46.5 Å². The van der Waals surface area contributed by atoms with Gasteiger partial charge in [0.15, 0.2) is 23.0 Å². The Labute approximate surface area is 247 Å². The van der Waals surface area contributed by atoms with Crippen molar-refractivity contribution in [3.8, 4) is 28.7 Å². The second kappa shape index (κ2) is 14.2. The number of rotatable bonds is 10. The number of nitrogens with zero attached hydrogens (tertiary/aromatic N) is 2. The number of amides is 2. The minimum atomic E-state index is -0.534. The topological polar surface area (TPSA) is 108 Å². The number of aryl methyl sites for hydroxylation is 1. The van der Waals surface area contributed by atoms with E-state index in [0.717, 1.165) is 35.1 Å². The van der Waals surface area contributed by atoms with Crippen molar-refractivity contribution in [3.63, 3.8) is 0 Å². The predicted molar refractivity (Wildman–Crippen MR) is 158 cm³/mol. The summed E-state index contributed by atoms with van der Waals surface area (Å²) >= 11 is 0. The van der Waals surface area contributed by atoms with Crippen molar-refractivity contribution < 1.29 is 38.0 Å². The molecule has 1 aliphatic carbocycles. The molecule has 1 heterocycles. The third-order valence-corrected chi connectivity index (χ3v) is 7.71. The van der Waals surface area contributed by atoms with Crippen molar-refractivity contribution in [2.45, 2.75) is 31.8 Å². The first-order valence-electron chi connectivity index (χ1n) is 14.0. The Bertz CT molecular complexity index is 1290. The molecule has 11 nitrogen and oxygen atoms in total. The lowest BCUT2D eigenvalue weighted by molar-refractivity contribution is -0.133. The van der Waals surface area contributed by atoms with E-state index < -0.39 is 6.09 Å². The van der Waals surface area contributed by atoms with Crippen LogP contribution in [-0.4, -0.2) is 96.7 Å². The van der Waals surface area contributed by atoms with Crippen molar-refractivity contribution in [1.29, 1.82) is 0 Å². The number of hydrogen-bond donors (Lipinski definition) is 1. The zero-order valence-electron chi connectivity index (χ0n) is 25.3. The molecule has 4 rings (SSSR count). The third-order valence-electron chi connectivity index (χ3n) is 7.71. The predicted octanol–water partition coefficient (Wildman–Crippen LogP) is 3.52. The molecule has 1 saturated heterocycles. The number of hydrogen-bond acceptors (Lipinski definition) is 9. The highest BCUT2D eigenvalue weighted by Crippen LogP contribution is 2.39. The summed E-state index contributed by atoms with van der Waals surface area (Å²) in [7, 11) is 9.48. The number of carbonyl (C=O) groups is 2. The largest absolute Gasteiger partial charge is 0.493 e. The Hall–Kier alpha value is -4.12. The molecular weight excluding hydrogens is 542 g/mol. The molecule has 228 valence electrons. The van der Waals surface area contributed by atoms with Gasteiger partial charge in [-0.15, -0.1) is 0 Å². The van der Waals surface area contributed by atoms with Crippen LogP contribution >= 0.6 is 0 Å². The maximum absolute atomic E-state index is 14.0. The van der Waals surface area contributed by atoms with Crippen molar-refractivity contribution in [2.24, 2.45) is 0 Å². The lowest BCUT2D eigenvalue weighted by Gasteiger charge is -2.41. The SMILES string of the molecule is CNC(=O)OCC1CN(Cc2cc(OC)c(OC)c(OC)c2)CCN1C(=O)C1=Cc2cc(OC)c(OC)cc2CCC1. The molecule has 2 amide bonds. The van der Waals surface area contributed by atoms with Crippen LogP contribution in [0.5, 0.6) is 28.7 Å². The normalized spacial score (nSPS) is 16.9. The second-order valence-electron chi connectivity index (χ2n) is 10.2. The first kappa shape index (κ1) is 30.8. The average molecular weight is 584 g/mol. The molecule has 1 N–H and O–H groups in total. The van der Waals surface area contributed by atoms with E-state index in [1.807, 2.05) is 35.2 Å². The minimum Gasteiger partial charge on any atom is -0.493 e. The summed E-state index contributed by atoms with van der Waals surface area (Å²) in [5.74, 6) is 2.94. The van der Waals surface area contributed by atoms with E-state index in [4.69, 9.17) is 28.4 Å². The molecule has 0 aromatic heterocycles. The van der Waals surface area contributed by atoms with Crippen LogP contribution in [0.2, 0.25) is 0 Å². The molecule has 2 aromatic rings. The molecule has 2 aromatic carbocycles. The monoisotopic (exact) mass is 583 g/mol. The number of alkyl carbamates (subject to hydrolysis) is 1. The smallest absolute Gasteiger partial charge is 0.406 e. The minimum absolute atomic E-state index is 0.0458. The van der Waals surface area contributed by atoms with E-state index in [0.29, 0.717) is 61.3 Å². The van der Waals surface area contributed by atoms with Gasteiger partial charge in [0.2, 0.25) is 11.7 Å².